The van der Waals surface area contributed by atoms with Crippen LogP contribution in [0.25, 0.3) is 0 Å². The van der Waals surface area contributed by atoms with Crippen molar-refractivity contribution in [3.8, 4) is 5.75 Å². The number of hydrogen-bond acceptors (Lipinski definition) is 4. The SMILES string of the molecule is COCCOc1ccc(C(=O)N2C[C@@H](C)[C@H](C(=O)O)C2)cc1. The van der Waals surface area contributed by atoms with Crippen LogP contribution in [0.2, 0.25) is 0 Å². The first-order valence-corrected chi connectivity index (χ1v) is 7.26. The molecule has 22 heavy (non-hydrogen) atoms. The average Bonchev–Trinajstić information content (AvgIpc) is 2.90. The normalized spacial score (nSPS) is 20.9. The number of carbonyl (C=O) groups is 2. The van der Waals surface area contributed by atoms with E-state index in [0.29, 0.717) is 31.1 Å². The Kier molecular flexibility index (Phi) is 5.38. The van der Waals surface area contributed by atoms with Gasteiger partial charge in [-0.25, -0.2) is 0 Å². The third-order valence-corrected chi connectivity index (χ3v) is 3.87. The van der Waals surface area contributed by atoms with E-state index in [-0.39, 0.29) is 18.4 Å². The summed E-state index contributed by atoms with van der Waals surface area (Å²) in [5.74, 6) is -0.825. The lowest BCUT2D eigenvalue weighted by Gasteiger charge is -2.16. The molecule has 0 spiro atoms. The second kappa shape index (κ2) is 7.26. The van der Waals surface area contributed by atoms with E-state index in [2.05, 4.69) is 0 Å². The predicted molar refractivity (Wildman–Crippen MR) is 80.0 cm³/mol. The molecule has 6 nitrogen and oxygen atoms in total. The number of likely N-dealkylation sites (tertiary alicyclic amines) is 1. The van der Waals surface area contributed by atoms with Gasteiger partial charge < -0.3 is 19.5 Å². The lowest BCUT2D eigenvalue weighted by Crippen LogP contribution is -2.29. The lowest BCUT2D eigenvalue weighted by atomic mass is 9.99. The van der Waals surface area contributed by atoms with Crippen molar-refractivity contribution in [2.45, 2.75) is 6.92 Å². The Bertz CT molecular complexity index is 528. The molecule has 0 saturated carbocycles. The molecule has 1 amide bonds. The van der Waals surface area contributed by atoms with Gasteiger partial charge in [0.1, 0.15) is 12.4 Å². The molecule has 2 atom stereocenters. The van der Waals surface area contributed by atoms with Crippen LogP contribution in [0, 0.1) is 11.8 Å². The molecule has 1 N–H and O–H groups in total. The Morgan fingerprint density at radius 3 is 2.45 bits per heavy atom. The first-order valence-electron chi connectivity index (χ1n) is 7.26. The van der Waals surface area contributed by atoms with E-state index in [1.165, 1.54) is 0 Å². The van der Waals surface area contributed by atoms with Crippen LogP contribution in [0.1, 0.15) is 17.3 Å². The summed E-state index contributed by atoms with van der Waals surface area (Å²) in [6.45, 7) is 3.55. The van der Waals surface area contributed by atoms with Gasteiger partial charge in [-0.15, -0.1) is 0 Å². The molecular weight excluding hydrogens is 286 g/mol. The average molecular weight is 307 g/mol. The summed E-state index contributed by atoms with van der Waals surface area (Å²) >= 11 is 0. The van der Waals surface area contributed by atoms with E-state index < -0.39 is 11.9 Å². The minimum atomic E-state index is -0.843. The summed E-state index contributed by atoms with van der Waals surface area (Å²) in [5, 5.41) is 9.13. The maximum absolute atomic E-state index is 12.4. The number of carbonyl (C=O) groups excluding carboxylic acids is 1. The molecule has 1 fully saturated rings. The Morgan fingerprint density at radius 1 is 1.23 bits per heavy atom. The van der Waals surface area contributed by atoms with E-state index in [1.54, 1.807) is 36.3 Å². The highest BCUT2D eigenvalue weighted by Crippen LogP contribution is 2.25. The zero-order valence-electron chi connectivity index (χ0n) is 12.8. The zero-order chi connectivity index (χ0) is 16.1. The number of carboxylic acid groups (broad SMARTS) is 1. The van der Waals surface area contributed by atoms with Crippen LogP contribution in [0.5, 0.6) is 5.75 Å². The van der Waals surface area contributed by atoms with Gasteiger partial charge in [0, 0.05) is 25.8 Å². The molecular formula is C16H21NO5. The van der Waals surface area contributed by atoms with Gasteiger partial charge in [-0.05, 0) is 30.2 Å². The maximum Gasteiger partial charge on any atom is 0.308 e. The van der Waals surface area contributed by atoms with Gasteiger partial charge in [-0.2, -0.15) is 0 Å². The van der Waals surface area contributed by atoms with Crippen molar-refractivity contribution >= 4 is 11.9 Å². The smallest absolute Gasteiger partial charge is 0.308 e. The van der Waals surface area contributed by atoms with Crippen molar-refractivity contribution in [2.24, 2.45) is 11.8 Å². The Labute approximate surface area is 129 Å². The molecule has 120 valence electrons. The number of ether oxygens (including phenoxy) is 2. The fourth-order valence-electron chi connectivity index (χ4n) is 2.57. The van der Waals surface area contributed by atoms with Gasteiger partial charge in [0.15, 0.2) is 0 Å². The first kappa shape index (κ1) is 16.3. The zero-order valence-corrected chi connectivity index (χ0v) is 12.8. The van der Waals surface area contributed by atoms with E-state index in [1.807, 2.05) is 6.92 Å². The number of carboxylic acids is 1. The fraction of sp³-hybridized carbons (Fsp3) is 0.500. The minimum absolute atomic E-state index is 0.0295. The summed E-state index contributed by atoms with van der Waals surface area (Å²) in [6, 6.07) is 6.86. The summed E-state index contributed by atoms with van der Waals surface area (Å²) in [7, 11) is 1.60. The number of rotatable bonds is 6. The summed E-state index contributed by atoms with van der Waals surface area (Å²) in [5.41, 5.74) is 0.539. The van der Waals surface area contributed by atoms with Crippen LogP contribution >= 0.6 is 0 Å². The molecule has 0 radical (unpaired) electrons. The van der Waals surface area contributed by atoms with Crippen LogP contribution < -0.4 is 4.74 Å². The third kappa shape index (κ3) is 3.76. The van der Waals surface area contributed by atoms with Crippen molar-refractivity contribution in [2.75, 3.05) is 33.4 Å². The standard InChI is InChI=1S/C16H21NO5/c1-11-9-17(10-14(11)16(19)20)15(18)12-3-5-13(6-4-12)22-8-7-21-2/h3-6,11,14H,7-10H2,1-2H3,(H,19,20)/t11-,14-/m1/s1. The van der Waals surface area contributed by atoms with Gasteiger partial charge in [-0.1, -0.05) is 6.92 Å². The van der Waals surface area contributed by atoms with Gasteiger partial charge in [0.05, 0.1) is 12.5 Å². The molecule has 1 saturated heterocycles. The third-order valence-electron chi connectivity index (χ3n) is 3.87. The number of nitrogens with zero attached hydrogens (tertiary/aromatic N) is 1. The van der Waals surface area contributed by atoms with Gasteiger partial charge in [0.2, 0.25) is 0 Å². The number of amides is 1. The number of benzene rings is 1. The maximum atomic E-state index is 12.4. The Morgan fingerprint density at radius 2 is 1.91 bits per heavy atom. The minimum Gasteiger partial charge on any atom is -0.491 e. The van der Waals surface area contributed by atoms with Crippen molar-refractivity contribution in [3.05, 3.63) is 29.8 Å². The Hall–Kier alpha value is -2.08. The Balaban J connectivity index is 1.97. The van der Waals surface area contributed by atoms with Crippen LogP contribution in [-0.2, 0) is 9.53 Å². The lowest BCUT2D eigenvalue weighted by molar-refractivity contribution is -0.142. The summed E-state index contributed by atoms with van der Waals surface area (Å²) in [6.07, 6.45) is 0. The van der Waals surface area contributed by atoms with E-state index in [0.717, 1.165) is 0 Å². The van der Waals surface area contributed by atoms with E-state index in [4.69, 9.17) is 14.6 Å². The van der Waals surface area contributed by atoms with Crippen LogP contribution in [0.4, 0.5) is 0 Å². The molecule has 0 aromatic heterocycles. The van der Waals surface area contributed by atoms with Gasteiger partial charge >= 0.3 is 5.97 Å². The number of aliphatic carboxylic acids is 1. The molecule has 0 unspecified atom stereocenters. The highest BCUT2D eigenvalue weighted by molar-refractivity contribution is 5.95. The largest absolute Gasteiger partial charge is 0.491 e. The van der Waals surface area contributed by atoms with Crippen molar-refractivity contribution < 1.29 is 24.2 Å². The van der Waals surface area contributed by atoms with Gasteiger partial charge in [0.25, 0.3) is 5.91 Å². The van der Waals surface area contributed by atoms with Crippen LogP contribution in [0.3, 0.4) is 0 Å². The van der Waals surface area contributed by atoms with E-state index in [9.17, 15) is 9.59 Å². The fourth-order valence-corrected chi connectivity index (χ4v) is 2.57. The quantitative estimate of drug-likeness (QED) is 0.806. The summed E-state index contributed by atoms with van der Waals surface area (Å²) < 4.78 is 10.3. The van der Waals surface area contributed by atoms with Crippen LogP contribution in [-0.4, -0.2) is 55.3 Å². The molecule has 0 aliphatic carbocycles. The number of hydrogen-bond donors (Lipinski definition) is 1. The summed E-state index contributed by atoms with van der Waals surface area (Å²) in [4.78, 5) is 25.1. The first-order chi connectivity index (χ1) is 10.5. The molecule has 0 bridgehead atoms. The molecule has 1 aromatic rings. The molecule has 2 rings (SSSR count). The van der Waals surface area contributed by atoms with Crippen molar-refractivity contribution in [1.82, 2.24) is 4.90 Å². The molecule has 1 aliphatic rings. The highest BCUT2D eigenvalue weighted by Gasteiger charge is 2.37. The van der Waals surface area contributed by atoms with Gasteiger partial charge in [-0.3, -0.25) is 9.59 Å². The predicted octanol–water partition coefficient (Wildman–Crippen LogP) is 1.50. The molecule has 1 aliphatic heterocycles. The topological polar surface area (TPSA) is 76.1 Å². The highest BCUT2D eigenvalue weighted by atomic mass is 16.5. The van der Waals surface area contributed by atoms with E-state index >= 15 is 0 Å². The molecule has 1 heterocycles. The molecule has 6 heteroatoms. The second-order valence-corrected chi connectivity index (χ2v) is 5.50. The van der Waals surface area contributed by atoms with Crippen molar-refractivity contribution in [3.63, 3.8) is 0 Å². The molecule has 1 aromatic carbocycles. The van der Waals surface area contributed by atoms with Crippen LogP contribution in [0.15, 0.2) is 24.3 Å². The second-order valence-electron chi connectivity index (χ2n) is 5.50. The van der Waals surface area contributed by atoms with Crippen molar-refractivity contribution in [1.29, 1.82) is 0 Å². The monoisotopic (exact) mass is 307 g/mol. The number of methoxy groups -OCH3 is 1.